The van der Waals surface area contributed by atoms with E-state index in [1.807, 2.05) is 50.2 Å². The molecule has 3 heteroatoms. The van der Waals surface area contributed by atoms with Crippen molar-refractivity contribution >= 4 is 27.3 Å². The van der Waals surface area contributed by atoms with E-state index in [-0.39, 0.29) is 0 Å². The monoisotopic (exact) mass is 300 g/mol. The Morgan fingerprint density at radius 3 is 2.56 bits per heavy atom. The fourth-order valence-electron chi connectivity index (χ4n) is 1.69. The number of rotatable bonds is 2. The number of aryl methyl sites for hydroxylation is 2. The summed E-state index contributed by atoms with van der Waals surface area (Å²) >= 11 is 3.50. The Hall–Kier alpha value is -1.79. The Kier molecular flexibility index (Phi) is 3.69. The molecule has 1 N–H and O–H groups in total. The normalized spacial score (nSPS) is 9.89. The first-order valence-corrected chi connectivity index (χ1v) is 6.43. The molecule has 0 spiro atoms. The van der Waals surface area contributed by atoms with E-state index in [2.05, 4.69) is 27.3 Å². The molecule has 0 radical (unpaired) electrons. The predicted octanol–water partition coefficient (Wildman–Crippen LogP) is 4.68. The molecule has 2 rings (SSSR count). The molecule has 0 aliphatic heterocycles. The Morgan fingerprint density at radius 1 is 1.11 bits per heavy atom. The summed E-state index contributed by atoms with van der Waals surface area (Å²) in [4.78, 5) is 0. The zero-order valence-electron chi connectivity index (χ0n) is 10.3. The average molecular weight is 301 g/mol. The fraction of sp³-hybridized carbons (Fsp3) is 0.133. The molecule has 0 amide bonds. The average Bonchev–Trinajstić information content (AvgIpc) is 2.36. The van der Waals surface area contributed by atoms with Crippen LogP contribution >= 0.6 is 15.9 Å². The topological polar surface area (TPSA) is 35.8 Å². The highest BCUT2D eigenvalue weighted by Crippen LogP contribution is 2.25. The van der Waals surface area contributed by atoms with Crippen molar-refractivity contribution in [2.24, 2.45) is 0 Å². The first-order valence-electron chi connectivity index (χ1n) is 5.64. The van der Waals surface area contributed by atoms with Gasteiger partial charge in [0.1, 0.15) is 6.07 Å². The van der Waals surface area contributed by atoms with Gasteiger partial charge in [0.15, 0.2) is 0 Å². The van der Waals surface area contributed by atoms with Crippen LogP contribution in [0.15, 0.2) is 40.9 Å². The molecular formula is C15H13BrN2. The van der Waals surface area contributed by atoms with Crippen molar-refractivity contribution < 1.29 is 0 Å². The highest BCUT2D eigenvalue weighted by atomic mass is 79.9. The molecule has 90 valence electrons. The third kappa shape index (κ3) is 2.72. The van der Waals surface area contributed by atoms with E-state index < -0.39 is 0 Å². The number of nitrogens with zero attached hydrogens (tertiary/aromatic N) is 1. The lowest BCUT2D eigenvalue weighted by Gasteiger charge is -2.10. The molecule has 0 saturated carbocycles. The van der Waals surface area contributed by atoms with Gasteiger partial charge in [0.05, 0.1) is 11.3 Å². The minimum absolute atomic E-state index is 0.659. The van der Waals surface area contributed by atoms with Crippen molar-refractivity contribution in [2.75, 3.05) is 5.32 Å². The number of halogens is 1. The second-order valence-electron chi connectivity index (χ2n) is 4.25. The van der Waals surface area contributed by atoms with Crippen LogP contribution in [0, 0.1) is 25.2 Å². The van der Waals surface area contributed by atoms with Crippen molar-refractivity contribution in [3.8, 4) is 6.07 Å². The van der Waals surface area contributed by atoms with Gasteiger partial charge in [0.25, 0.3) is 0 Å². The zero-order chi connectivity index (χ0) is 13.1. The lowest BCUT2D eigenvalue weighted by molar-refractivity contribution is 1.39. The van der Waals surface area contributed by atoms with Crippen molar-refractivity contribution in [2.45, 2.75) is 13.8 Å². The highest BCUT2D eigenvalue weighted by Gasteiger charge is 2.03. The van der Waals surface area contributed by atoms with Gasteiger partial charge in [-0.2, -0.15) is 5.26 Å². The summed E-state index contributed by atoms with van der Waals surface area (Å²) in [6.45, 7) is 4.02. The van der Waals surface area contributed by atoms with Crippen molar-refractivity contribution in [1.29, 1.82) is 5.26 Å². The van der Waals surface area contributed by atoms with Crippen LogP contribution in [0.25, 0.3) is 0 Å². The van der Waals surface area contributed by atoms with Gasteiger partial charge in [0, 0.05) is 10.2 Å². The van der Waals surface area contributed by atoms with Crippen LogP contribution in [0.1, 0.15) is 16.7 Å². The smallest absolute Gasteiger partial charge is 0.101 e. The van der Waals surface area contributed by atoms with Crippen LogP contribution in [-0.4, -0.2) is 0 Å². The standard InChI is InChI=1S/C15H13BrN2/c1-10-3-6-15(12(7-10)9-17)18-13-5-4-11(2)14(16)8-13/h3-8,18H,1-2H3. The van der Waals surface area contributed by atoms with Gasteiger partial charge in [0.2, 0.25) is 0 Å². The van der Waals surface area contributed by atoms with Gasteiger partial charge in [-0.05, 0) is 49.2 Å². The molecule has 2 nitrogen and oxygen atoms in total. The molecular weight excluding hydrogens is 288 g/mol. The molecule has 0 bridgehead atoms. The second-order valence-corrected chi connectivity index (χ2v) is 5.10. The lowest BCUT2D eigenvalue weighted by atomic mass is 10.1. The second kappa shape index (κ2) is 5.24. The molecule has 18 heavy (non-hydrogen) atoms. The molecule has 0 aromatic heterocycles. The Morgan fingerprint density at radius 2 is 1.89 bits per heavy atom. The van der Waals surface area contributed by atoms with Gasteiger partial charge < -0.3 is 5.32 Å². The Labute approximate surface area is 115 Å². The van der Waals surface area contributed by atoms with Crippen LogP contribution in [-0.2, 0) is 0 Å². The molecule has 0 atom stereocenters. The quantitative estimate of drug-likeness (QED) is 0.874. The van der Waals surface area contributed by atoms with Crippen molar-refractivity contribution in [3.05, 3.63) is 57.6 Å². The summed E-state index contributed by atoms with van der Waals surface area (Å²) in [5.41, 5.74) is 4.73. The third-order valence-corrected chi connectivity index (χ3v) is 3.60. The molecule has 0 unspecified atom stereocenters. The van der Waals surface area contributed by atoms with Gasteiger partial charge in [-0.1, -0.05) is 28.1 Å². The highest BCUT2D eigenvalue weighted by molar-refractivity contribution is 9.10. The third-order valence-electron chi connectivity index (χ3n) is 2.75. The minimum atomic E-state index is 0.659. The predicted molar refractivity (Wildman–Crippen MR) is 78.1 cm³/mol. The lowest BCUT2D eigenvalue weighted by Crippen LogP contribution is -1.94. The number of benzene rings is 2. The zero-order valence-corrected chi connectivity index (χ0v) is 11.9. The van der Waals surface area contributed by atoms with E-state index in [1.54, 1.807) is 0 Å². The molecule has 0 saturated heterocycles. The number of nitrogens with one attached hydrogen (secondary N) is 1. The number of anilines is 2. The maximum atomic E-state index is 9.12. The Bertz CT molecular complexity index is 627. The summed E-state index contributed by atoms with van der Waals surface area (Å²) in [5.74, 6) is 0. The SMILES string of the molecule is Cc1ccc(Nc2ccc(C)c(Br)c2)c(C#N)c1. The fourth-order valence-corrected chi connectivity index (χ4v) is 2.06. The van der Waals surface area contributed by atoms with Gasteiger partial charge >= 0.3 is 0 Å². The van der Waals surface area contributed by atoms with Crippen LogP contribution in [0.4, 0.5) is 11.4 Å². The first kappa shape index (κ1) is 12.7. The van der Waals surface area contributed by atoms with Crippen LogP contribution in [0.3, 0.4) is 0 Å². The number of nitriles is 1. The molecule has 2 aromatic rings. The summed E-state index contributed by atoms with van der Waals surface area (Å²) in [7, 11) is 0. The summed E-state index contributed by atoms with van der Waals surface area (Å²) in [5, 5.41) is 12.4. The number of hydrogen-bond donors (Lipinski definition) is 1. The molecule has 0 aliphatic carbocycles. The van der Waals surface area contributed by atoms with Crippen LogP contribution in [0.2, 0.25) is 0 Å². The summed E-state index contributed by atoms with van der Waals surface area (Å²) in [6, 6.07) is 14.1. The number of hydrogen-bond acceptors (Lipinski definition) is 2. The van der Waals surface area contributed by atoms with Crippen molar-refractivity contribution in [1.82, 2.24) is 0 Å². The van der Waals surface area contributed by atoms with Crippen molar-refractivity contribution in [3.63, 3.8) is 0 Å². The minimum Gasteiger partial charge on any atom is -0.354 e. The molecule has 0 heterocycles. The maximum absolute atomic E-state index is 9.12. The molecule has 0 fully saturated rings. The summed E-state index contributed by atoms with van der Waals surface area (Å²) < 4.78 is 1.05. The summed E-state index contributed by atoms with van der Waals surface area (Å²) in [6.07, 6.45) is 0. The maximum Gasteiger partial charge on any atom is 0.101 e. The van der Waals surface area contributed by atoms with Gasteiger partial charge in [-0.15, -0.1) is 0 Å². The van der Waals surface area contributed by atoms with Gasteiger partial charge in [-0.3, -0.25) is 0 Å². The van der Waals surface area contributed by atoms with E-state index in [9.17, 15) is 0 Å². The Balaban J connectivity index is 2.34. The largest absolute Gasteiger partial charge is 0.354 e. The van der Waals surface area contributed by atoms with E-state index in [1.165, 1.54) is 5.56 Å². The van der Waals surface area contributed by atoms with Crippen LogP contribution in [0.5, 0.6) is 0 Å². The van der Waals surface area contributed by atoms with E-state index >= 15 is 0 Å². The molecule has 2 aromatic carbocycles. The van der Waals surface area contributed by atoms with Crippen LogP contribution < -0.4 is 5.32 Å². The van der Waals surface area contributed by atoms with E-state index in [4.69, 9.17) is 5.26 Å². The first-order chi connectivity index (χ1) is 8.60. The van der Waals surface area contributed by atoms with Gasteiger partial charge in [-0.25, -0.2) is 0 Å². The molecule has 0 aliphatic rings. The van der Waals surface area contributed by atoms with E-state index in [0.717, 1.165) is 21.4 Å². The van der Waals surface area contributed by atoms with E-state index in [0.29, 0.717) is 5.56 Å².